The highest BCUT2D eigenvalue weighted by atomic mass is 16.1. The monoisotopic (exact) mass is 273 g/mol. The third-order valence-electron chi connectivity index (χ3n) is 2.75. The average Bonchev–Trinajstić information content (AvgIpc) is 2.92. The lowest BCUT2D eigenvalue weighted by Gasteiger charge is -2.11. The zero-order chi connectivity index (χ0) is 14.4. The van der Waals surface area contributed by atoms with Crippen molar-refractivity contribution in [1.82, 2.24) is 20.1 Å². The predicted molar refractivity (Wildman–Crippen MR) is 77.7 cm³/mol. The Bertz CT molecular complexity index is 550. The maximum absolute atomic E-state index is 11.9. The van der Waals surface area contributed by atoms with Gasteiger partial charge >= 0.3 is 0 Å². The number of hydrogen-bond acceptors (Lipinski definition) is 4. The summed E-state index contributed by atoms with van der Waals surface area (Å²) in [5, 5.41) is 10.2. The molecule has 0 unspecified atom stereocenters. The van der Waals surface area contributed by atoms with Gasteiger partial charge in [-0.2, -0.15) is 5.10 Å². The quantitative estimate of drug-likeness (QED) is 0.838. The SMILES string of the molecule is CC(C)NCCC(=O)Nc1ccccc1-n1cncn1. The van der Waals surface area contributed by atoms with Crippen LogP contribution in [0.5, 0.6) is 0 Å². The number of hydrogen-bond donors (Lipinski definition) is 2. The molecule has 1 aromatic heterocycles. The predicted octanol–water partition coefficient (Wildman–Crippen LogP) is 1.59. The first-order valence-electron chi connectivity index (χ1n) is 6.64. The topological polar surface area (TPSA) is 71.8 Å². The van der Waals surface area contributed by atoms with Crippen LogP contribution in [0.15, 0.2) is 36.9 Å². The number of para-hydroxylation sites is 2. The molecule has 0 saturated heterocycles. The van der Waals surface area contributed by atoms with Gasteiger partial charge in [0.25, 0.3) is 0 Å². The Hall–Kier alpha value is -2.21. The van der Waals surface area contributed by atoms with Gasteiger partial charge in [0.2, 0.25) is 5.91 Å². The van der Waals surface area contributed by atoms with Crippen molar-refractivity contribution >= 4 is 11.6 Å². The molecule has 0 aliphatic carbocycles. The Balaban J connectivity index is 2.01. The largest absolute Gasteiger partial charge is 0.324 e. The van der Waals surface area contributed by atoms with E-state index < -0.39 is 0 Å². The number of anilines is 1. The van der Waals surface area contributed by atoms with Gasteiger partial charge in [0.05, 0.1) is 11.4 Å². The van der Waals surface area contributed by atoms with Crippen molar-refractivity contribution < 1.29 is 4.79 Å². The first-order chi connectivity index (χ1) is 9.66. The maximum Gasteiger partial charge on any atom is 0.225 e. The van der Waals surface area contributed by atoms with Gasteiger partial charge in [-0.15, -0.1) is 0 Å². The van der Waals surface area contributed by atoms with Crippen LogP contribution >= 0.6 is 0 Å². The molecule has 0 radical (unpaired) electrons. The molecule has 2 rings (SSSR count). The van der Waals surface area contributed by atoms with E-state index >= 15 is 0 Å². The van der Waals surface area contributed by atoms with Crippen molar-refractivity contribution in [2.24, 2.45) is 0 Å². The summed E-state index contributed by atoms with van der Waals surface area (Å²) in [5.74, 6) is -0.0225. The minimum absolute atomic E-state index is 0.0225. The van der Waals surface area contributed by atoms with Gasteiger partial charge in [-0.1, -0.05) is 26.0 Å². The molecule has 0 atom stereocenters. The lowest BCUT2D eigenvalue weighted by atomic mass is 10.2. The normalized spacial score (nSPS) is 10.8. The van der Waals surface area contributed by atoms with Crippen molar-refractivity contribution in [3.8, 4) is 5.69 Å². The smallest absolute Gasteiger partial charge is 0.225 e. The van der Waals surface area contributed by atoms with Crippen molar-refractivity contribution in [2.45, 2.75) is 26.3 Å². The molecule has 6 heteroatoms. The lowest BCUT2D eigenvalue weighted by Crippen LogP contribution is -2.27. The molecule has 1 heterocycles. The molecule has 20 heavy (non-hydrogen) atoms. The number of carbonyl (C=O) groups excluding carboxylic acids is 1. The molecule has 106 valence electrons. The van der Waals surface area contributed by atoms with E-state index in [-0.39, 0.29) is 5.91 Å². The fourth-order valence-corrected chi connectivity index (χ4v) is 1.80. The second-order valence-electron chi connectivity index (χ2n) is 4.76. The third-order valence-corrected chi connectivity index (χ3v) is 2.75. The number of amides is 1. The fraction of sp³-hybridized carbons (Fsp3) is 0.357. The highest BCUT2D eigenvalue weighted by Gasteiger charge is 2.08. The molecule has 2 aromatic rings. The number of carbonyl (C=O) groups is 1. The summed E-state index contributed by atoms with van der Waals surface area (Å²) in [6, 6.07) is 7.89. The summed E-state index contributed by atoms with van der Waals surface area (Å²) in [6.45, 7) is 4.77. The van der Waals surface area contributed by atoms with Crippen LogP contribution in [-0.4, -0.2) is 33.3 Å². The van der Waals surface area contributed by atoms with Crippen LogP contribution in [0.1, 0.15) is 20.3 Å². The van der Waals surface area contributed by atoms with Gasteiger partial charge in [0.1, 0.15) is 12.7 Å². The van der Waals surface area contributed by atoms with Gasteiger partial charge < -0.3 is 10.6 Å². The molecule has 6 nitrogen and oxygen atoms in total. The molecule has 1 amide bonds. The second-order valence-corrected chi connectivity index (χ2v) is 4.76. The highest BCUT2D eigenvalue weighted by molar-refractivity contribution is 5.92. The van der Waals surface area contributed by atoms with Crippen molar-refractivity contribution in [2.75, 3.05) is 11.9 Å². The van der Waals surface area contributed by atoms with Crippen LogP contribution in [0.25, 0.3) is 5.69 Å². The van der Waals surface area contributed by atoms with Gasteiger partial charge in [-0.05, 0) is 12.1 Å². The van der Waals surface area contributed by atoms with E-state index in [1.165, 1.54) is 6.33 Å². The summed E-state index contributed by atoms with van der Waals surface area (Å²) >= 11 is 0. The molecule has 0 aliphatic rings. The molecular weight excluding hydrogens is 254 g/mol. The van der Waals surface area contributed by atoms with Gasteiger partial charge in [0.15, 0.2) is 0 Å². The molecule has 1 aromatic carbocycles. The first kappa shape index (κ1) is 14.2. The van der Waals surface area contributed by atoms with Gasteiger partial charge in [-0.25, -0.2) is 9.67 Å². The van der Waals surface area contributed by atoms with Crippen LogP contribution < -0.4 is 10.6 Å². The molecule has 2 N–H and O–H groups in total. The number of benzene rings is 1. The maximum atomic E-state index is 11.9. The van der Waals surface area contributed by atoms with Crippen LogP contribution in [0.3, 0.4) is 0 Å². The Kier molecular flexibility index (Phi) is 4.84. The van der Waals surface area contributed by atoms with Gasteiger partial charge in [0, 0.05) is 19.0 Å². The fourth-order valence-electron chi connectivity index (χ4n) is 1.80. The van der Waals surface area contributed by atoms with E-state index in [0.717, 1.165) is 11.4 Å². The number of nitrogens with one attached hydrogen (secondary N) is 2. The van der Waals surface area contributed by atoms with E-state index in [1.807, 2.05) is 24.3 Å². The van der Waals surface area contributed by atoms with E-state index in [1.54, 1.807) is 11.0 Å². The van der Waals surface area contributed by atoms with Crippen LogP contribution in [0, 0.1) is 0 Å². The summed E-state index contributed by atoms with van der Waals surface area (Å²) in [7, 11) is 0. The van der Waals surface area contributed by atoms with Crippen LogP contribution in [0.4, 0.5) is 5.69 Å². The lowest BCUT2D eigenvalue weighted by molar-refractivity contribution is -0.116. The number of aromatic nitrogens is 3. The zero-order valence-corrected chi connectivity index (χ0v) is 11.7. The van der Waals surface area contributed by atoms with Crippen LogP contribution in [-0.2, 0) is 4.79 Å². The minimum atomic E-state index is -0.0225. The minimum Gasteiger partial charge on any atom is -0.324 e. The summed E-state index contributed by atoms with van der Waals surface area (Å²) in [5.41, 5.74) is 1.53. The molecule has 0 saturated carbocycles. The van der Waals surface area contributed by atoms with Crippen molar-refractivity contribution in [3.63, 3.8) is 0 Å². The van der Waals surface area contributed by atoms with Gasteiger partial charge in [-0.3, -0.25) is 4.79 Å². The summed E-state index contributed by atoms with van der Waals surface area (Å²) < 4.78 is 1.63. The molecule has 0 bridgehead atoms. The summed E-state index contributed by atoms with van der Waals surface area (Å²) in [6.07, 6.45) is 3.50. The number of rotatable bonds is 6. The van der Waals surface area contributed by atoms with E-state index in [0.29, 0.717) is 19.0 Å². The average molecular weight is 273 g/mol. The first-order valence-corrected chi connectivity index (χ1v) is 6.64. The Morgan fingerprint density at radius 3 is 2.85 bits per heavy atom. The zero-order valence-electron chi connectivity index (χ0n) is 11.7. The highest BCUT2D eigenvalue weighted by Crippen LogP contribution is 2.18. The van der Waals surface area contributed by atoms with Crippen molar-refractivity contribution in [1.29, 1.82) is 0 Å². The third kappa shape index (κ3) is 3.89. The van der Waals surface area contributed by atoms with Crippen molar-refractivity contribution in [3.05, 3.63) is 36.9 Å². The Labute approximate surface area is 118 Å². The Morgan fingerprint density at radius 1 is 1.35 bits per heavy atom. The van der Waals surface area contributed by atoms with Crippen LogP contribution in [0.2, 0.25) is 0 Å². The molecule has 0 fully saturated rings. The van der Waals surface area contributed by atoms with E-state index in [2.05, 4.69) is 34.6 Å². The molecule has 0 aliphatic heterocycles. The summed E-state index contributed by atoms with van der Waals surface area (Å²) in [4.78, 5) is 15.8. The standard InChI is InChI=1S/C14H19N5O/c1-11(2)16-8-7-14(20)18-12-5-3-4-6-13(12)19-10-15-9-17-19/h3-6,9-11,16H,7-8H2,1-2H3,(H,18,20). The van der Waals surface area contributed by atoms with E-state index in [4.69, 9.17) is 0 Å². The molecular formula is C14H19N5O. The molecule has 0 spiro atoms. The second kappa shape index (κ2) is 6.81. The number of nitrogens with zero attached hydrogens (tertiary/aromatic N) is 3. The Morgan fingerprint density at radius 2 is 2.15 bits per heavy atom. The van der Waals surface area contributed by atoms with E-state index in [9.17, 15) is 4.79 Å².